The van der Waals surface area contributed by atoms with E-state index in [1.165, 1.54) is 16.8 Å². The number of nitrogens with one attached hydrogen (secondary N) is 1. The number of aliphatic hydroxyl groups is 1. The summed E-state index contributed by atoms with van der Waals surface area (Å²) < 4.78 is 29.4. The summed E-state index contributed by atoms with van der Waals surface area (Å²) in [6, 6.07) is 2.52. The number of halogens is 3. The van der Waals surface area contributed by atoms with Gasteiger partial charge in [-0.05, 0) is 51.2 Å². The van der Waals surface area contributed by atoms with E-state index >= 15 is 0 Å². The molecular weight excluding hydrogens is 528 g/mol. The SMILES string of the molecule is CCCCN1C(=O)[C@@H]([C@H](O)C(C)C)NC(=O)C12CCN(Cc1c(C)nn(-c3ccc(F)cc3F)c1C)CC2.Cl. The van der Waals surface area contributed by atoms with Crippen molar-refractivity contribution < 1.29 is 23.5 Å². The van der Waals surface area contributed by atoms with E-state index in [1.54, 1.807) is 4.90 Å². The van der Waals surface area contributed by atoms with Gasteiger partial charge >= 0.3 is 0 Å². The van der Waals surface area contributed by atoms with Crippen LogP contribution in [-0.4, -0.2) is 73.8 Å². The highest BCUT2D eigenvalue weighted by molar-refractivity contribution is 6.00. The first-order valence-electron chi connectivity index (χ1n) is 13.5. The number of amides is 2. The fourth-order valence-corrected chi connectivity index (χ4v) is 5.69. The van der Waals surface area contributed by atoms with E-state index in [-0.39, 0.29) is 35.8 Å². The van der Waals surface area contributed by atoms with Gasteiger partial charge in [0.25, 0.3) is 0 Å². The summed E-state index contributed by atoms with van der Waals surface area (Å²) in [6.45, 7) is 11.7. The summed E-state index contributed by atoms with van der Waals surface area (Å²) in [5.41, 5.74) is 1.75. The Bertz CT molecular complexity index is 1200. The van der Waals surface area contributed by atoms with Crippen LogP contribution in [0.5, 0.6) is 0 Å². The molecular formula is C28H40ClF2N5O3. The van der Waals surface area contributed by atoms with Crippen molar-refractivity contribution in [2.45, 2.75) is 84.5 Å². The van der Waals surface area contributed by atoms with Crippen molar-refractivity contribution in [3.63, 3.8) is 0 Å². The van der Waals surface area contributed by atoms with Crippen molar-refractivity contribution in [2.24, 2.45) is 5.92 Å². The van der Waals surface area contributed by atoms with E-state index in [0.29, 0.717) is 39.0 Å². The number of nitrogens with zero attached hydrogens (tertiary/aromatic N) is 4. The summed E-state index contributed by atoms with van der Waals surface area (Å²) in [6.07, 6.45) is 1.70. The molecule has 2 N–H and O–H groups in total. The van der Waals surface area contributed by atoms with E-state index in [4.69, 9.17) is 0 Å². The Morgan fingerprint density at radius 1 is 1.18 bits per heavy atom. The maximum absolute atomic E-state index is 14.4. The number of carbonyl (C=O) groups excluding carboxylic acids is 2. The Labute approximate surface area is 235 Å². The molecule has 2 saturated heterocycles. The maximum atomic E-state index is 14.4. The third kappa shape index (κ3) is 5.83. The lowest BCUT2D eigenvalue weighted by molar-refractivity contribution is -0.165. The van der Waals surface area contributed by atoms with Crippen LogP contribution in [0.1, 0.15) is 63.4 Å². The lowest BCUT2D eigenvalue weighted by atomic mass is 9.80. The highest BCUT2D eigenvalue weighted by Crippen LogP contribution is 2.35. The molecule has 2 aliphatic rings. The van der Waals surface area contributed by atoms with Crippen molar-refractivity contribution in [2.75, 3.05) is 19.6 Å². The minimum Gasteiger partial charge on any atom is -0.390 e. The molecule has 2 aliphatic heterocycles. The van der Waals surface area contributed by atoms with Gasteiger partial charge in [-0.25, -0.2) is 13.5 Å². The van der Waals surface area contributed by atoms with Crippen LogP contribution in [0, 0.1) is 31.4 Å². The highest BCUT2D eigenvalue weighted by Gasteiger charge is 2.54. The van der Waals surface area contributed by atoms with E-state index in [1.807, 2.05) is 34.6 Å². The monoisotopic (exact) mass is 567 g/mol. The zero-order valence-corrected chi connectivity index (χ0v) is 24.2. The molecule has 0 aliphatic carbocycles. The van der Waals surface area contributed by atoms with Gasteiger partial charge in [0.05, 0.1) is 11.8 Å². The fraction of sp³-hybridized carbons (Fsp3) is 0.607. The molecule has 0 bridgehead atoms. The minimum absolute atomic E-state index is 0. The Kier molecular flexibility index (Phi) is 9.78. The predicted molar refractivity (Wildman–Crippen MR) is 147 cm³/mol. The van der Waals surface area contributed by atoms with Crippen molar-refractivity contribution in [3.8, 4) is 5.69 Å². The Hall–Kier alpha value is -2.56. The molecule has 1 aromatic heterocycles. The van der Waals surface area contributed by atoms with Crippen LogP contribution in [0.4, 0.5) is 8.78 Å². The Morgan fingerprint density at radius 3 is 2.44 bits per heavy atom. The first-order valence-corrected chi connectivity index (χ1v) is 13.5. The number of piperidine rings is 1. The smallest absolute Gasteiger partial charge is 0.248 e. The van der Waals surface area contributed by atoms with Crippen LogP contribution in [0.25, 0.3) is 5.69 Å². The number of rotatable bonds is 8. The van der Waals surface area contributed by atoms with E-state index in [0.717, 1.165) is 35.9 Å². The highest BCUT2D eigenvalue weighted by atomic mass is 35.5. The average Bonchev–Trinajstić information content (AvgIpc) is 3.15. The third-order valence-corrected chi connectivity index (χ3v) is 8.16. The van der Waals surface area contributed by atoms with Crippen LogP contribution in [-0.2, 0) is 16.1 Å². The number of hydrogen-bond donors (Lipinski definition) is 2. The molecule has 1 aromatic carbocycles. The quantitative estimate of drug-likeness (QED) is 0.508. The number of aromatic nitrogens is 2. The summed E-state index contributed by atoms with van der Waals surface area (Å²) in [7, 11) is 0. The molecule has 2 atom stereocenters. The summed E-state index contributed by atoms with van der Waals surface area (Å²) in [5.74, 6) is -1.88. The average molecular weight is 568 g/mol. The number of aryl methyl sites for hydroxylation is 1. The fourth-order valence-electron chi connectivity index (χ4n) is 5.69. The van der Waals surface area contributed by atoms with Gasteiger partial charge in [-0.15, -0.1) is 12.4 Å². The van der Waals surface area contributed by atoms with Crippen LogP contribution in [0.15, 0.2) is 18.2 Å². The van der Waals surface area contributed by atoms with E-state index in [2.05, 4.69) is 15.3 Å². The number of hydrogen-bond acceptors (Lipinski definition) is 5. The molecule has 216 valence electrons. The van der Waals surface area contributed by atoms with Gasteiger partial charge in [-0.2, -0.15) is 5.10 Å². The Balaban J connectivity index is 0.00000420. The molecule has 2 amide bonds. The van der Waals surface area contributed by atoms with Gasteiger partial charge in [0, 0.05) is 43.5 Å². The van der Waals surface area contributed by atoms with E-state index < -0.39 is 29.3 Å². The largest absolute Gasteiger partial charge is 0.390 e. The number of unbranched alkanes of at least 4 members (excludes halogenated alkanes) is 1. The van der Waals surface area contributed by atoms with Gasteiger partial charge in [0.2, 0.25) is 11.8 Å². The van der Waals surface area contributed by atoms with E-state index in [9.17, 15) is 23.5 Å². The Morgan fingerprint density at radius 2 is 1.85 bits per heavy atom. The number of likely N-dealkylation sites (tertiary alicyclic amines) is 1. The summed E-state index contributed by atoms with van der Waals surface area (Å²) >= 11 is 0. The van der Waals surface area contributed by atoms with Crippen molar-refractivity contribution >= 4 is 24.2 Å². The number of aliphatic hydroxyl groups excluding tert-OH is 1. The molecule has 39 heavy (non-hydrogen) atoms. The topological polar surface area (TPSA) is 90.7 Å². The van der Waals surface area contributed by atoms with Gasteiger partial charge in [-0.3, -0.25) is 14.5 Å². The lowest BCUT2D eigenvalue weighted by Crippen LogP contribution is -2.74. The van der Waals surface area contributed by atoms with Gasteiger partial charge < -0.3 is 15.3 Å². The molecule has 2 fully saturated rings. The first-order chi connectivity index (χ1) is 18.0. The zero-order chi connectivity index (χ0) is 27.8. The molecule has 0 radical (unpaired) electrons. The van der Waals surface area contributed by atoms with Gasteiger partial charge in [-0.1, -0.05) is 27.2 Å². The van der Waals surface area contributed by atoms with Crippen LogP contribution < -0.4 is 5.32 Å². The second-order valence-electron chi connectivity index (χ2n) is 11.0. The zero-order valence-electron chi connectivity index (χ0n) is 23.3. The number of carbonyl (C=O) groups is 2. The molecule has 0 saturated carbocycles. The van der Waals surface area contributed by atoms with Crippen molar-refractivity contribution in [1.29, 1.82) is 0 Å². The normalized spacial score (nSPS) is 20.3. The first kappa shape index (κ1) is 31.0. The lowest BCUT2D eigenvalue weighted by Gasteiger charge is -2.52. The van der Waals surface area contributed by atoms with Crippen molar-refractivity contribution in [1.82, 2.24) is 24.9 Å². The second kappa shape index (κ2) is 12.3. The van der Waals surface area contributed by atoms with Crippen LogP contribution in [0.2, 0.25) is 0 Å². The summed E-state index contributed by atoms with van der Waals surface area (Å²) in [4.78, 5) is 31.0. The molecule has 8 nitrogen and oxygen atoms in total. The van der Waals surface area contributed by atoms with Crippen LogP contribution >= 0.6 is 12.4 Å². The molecule has 4 rings (SSSR count). The maximum Gasteiger partial charge on any atom is 0.248 e. The van der Waals surface area contributed by atoms with Gasteiger partial charge in [0.1, 0.15) is 23.1 Å². The van der Waals surface area contributed by atoms with Crippen LogP contribution in [0.3, 0.4) is 0 Å². The molecule has 1 spiro atoms. The molecule has 2 aromatic rings. The van der Waals surface area contributed by atoms with Crippen molar-refractivity contribution in [3.05, 3.63) is 46.8 Å². The standard InChI is InChI=1S/C28H39F2N5O3.ClH/c1-6-7-12-34-26(37)24(25(36)17(2)3)31-27(38)28(34)10-13-33(14-11-28)16-21-18(4)32-35(19(21)5)23-9-8-20(29)15-22(23)30;/h8-9,15,17,24-25,36H,6-7,10-14,16H2,1-5H3,(H,31,38);1H/t24-,25-;/m1./s1. The number of piperazine rings is 1. The summed E-state index contributed by atoms with van der Waals surface area (Å²) in [5, 5.41) is 18.0. The second-order valence-corrected chi connectivity index (χ2v) is 11.0. The predicted octanol–water partition coefficient (Wildman–Crippen LogP) is 3.67. The molecule has 0 unspecified atom stereocenters. The minimum atomic E-state index is -0.943. The molecule has 3 heterocycles. The molecule has 11 heteroatoms. The van der Waals surface area contributed by atoms with Gasteiger partial charge in [0.15, 0.2) is 5.82 Å². The number of benzene rings is 1. The third-order valence-electron chi connectivity index (χ3n) is 8.16.